The number of nitrogens with one attached hydrogen (secondary N) is 1. The molecule has 0 spiro atoms. The van der Waals surface area contributed by atoms with Gasteiger partial charge in [0.05, 0.1) is 0 Å². The topological polar surface area (TPSA) is 49.4 Å². The molecule has 0 radical (unpaired) electrons. The average molecular weight is 338 g/mol. The van der Waals surface area contributed by atoms with Gasteiger partial charge in [-0.25, -0.2) is 0 Å². The van der Waals surface area contributed by atoms with E-state index in [2.05, 4.69) is 12.2 Å². The Morgan fingerprint density at radius 3 is 2.36 bits per heavy atom. The summed E-state index contributed by atoms with van der Waals surface area (Å²) in [6.45, 7) is 5.87. The quantitative estimate of drug-likeness (QED) is 0.743. The van der Waals surface area contributed by atoms with E-state index < -0.39 is 0 Å². The van der Waals surface area contributed by atoms with Crippen molar-refractivity contribution in [3.05, 3.63) is 71.3 Å². The molecule has 0 unspecified atom stereocenters. The third-order valence-electron chi connectivity index (χ3n) is 4.07. The highest BCUT2D eigenvalue weighted by Crippen LogP contribution is 2.12. The number of carbonyl (C=O) groups excluding carboxylic acids is 2. The minimum Gasteiger partial charge on any atom is -0.352 e. The molecule has 25 heavy (non-hydrogen) atoms. The van der Waals surface area contributed by atoms with Crippen molar-refractivity contribution in [2.24, 2.45) is 0 Å². The maximum atomic E-state index is 12.8. The molecule has 0 aliphatic rings. The van der Waals surface area contributed by atoms with Gasteiger partial charge in [0.2, 0.25) is 0 Å². The molecule has 0 aromatic heterocycles. The molecule has 4 nitrogen and oxygen atoms in total. The molecular weight excluding hydrogens is 312 g/mol. The van der Waals surface area contributed by atoms with Crippen LogP contribution in [0.15, 0.2) is 54.6 Å². The lowest BCUT2D eigenvalue weighted by atomic mass is 10.1. The Hall–Kier alpha value is -2.62. The van der Waals surface area contributed by atoms with Crippen molar-refractivity contribution in [1.82, 2.24) is 10.2 Å². The van der Waals surface area contributed by atoms with Crippen LogP contribution in [0.3, 0.4) is 0 Å². The van der Waals surface area contributed by atoms with Gasteiger partial charge in [-0.3, -0.25) is 9.59 Å². The number of carbonyl (C=O) groups is 2. The highest BCUT2D eigenvalue weighted by atomic mass is 16.2. The fourth-order valence-electron chi connectivity index (χ4n) is 2.59. The van der Waals surface area contributed by atoms with E-state index in [1.165, 1.54) is 0 Å². The SMILES string of the molecule is CCCCNC(=O)c1cccc(C(=O)N(CC)Cc2ccccc2)c1. The van der Waals surface area contributed by atoms with E-state index >= 15 is 0 Å². The van der Waals surface area contributed by atoms with Gasteiger partial charge in [0.15, 0.2) is 0 Å². The second-order valence-electron chi connectivity index (χ2n) is 6.00. The highest BCUT2D eigenvalue weighted by molar-refractivity contribution is 5.99. The zero-order chi connectivity index (χ0) is 18.1. The Bertz CT molecular complexity index is 698. The molecule has 2 rings (SSSR count). The summed E-state index contributed by atoms with van der Waals surface area (Å²) in [7, 11) is 0. The van der Waals surface area contributed by atoms with Gasteiger partial charge >= 0.3 is 0 Å². The van der Waals surface area contributed by atoms with Crippen LogP contribution in [0.2, 0.25) is 0 Å². The maximum absolute atomic E-state index is 12.8. The van der Waals surface area contributed by atoms with E-state index in [4.69, 9.17) is 0 Å². The number of hydrogen-bond acceptors (Lipinski definition) is 2. The first-order chi connectivity index (χ1) is 12.2. The van der Waals surface area contributed by atoms with Crippen molar-refractivity contribution in [1.29, 1.82) is 0 Å². The van der Waals surface area contributed by atoms with Crippen molar-refractivity contribution in [3.8, 4) is 0 Å². The van der Waals surface area contributed by atoms with E-state index in [9.17, 15) is 9.59 Å². The Morgan fingerprint density at radius 1 is 0.960 bits per heavy atom. The minimum atomic E-state index is -0.130. The van der Waals surface area contributed by atoms with Crippen LogP contribution in [0, 0.1) is 0 Å². The summed E-state index contributed by atoms with van der Waals surface area (Å²) in [6.07, 6.45) is 1.98. The summed E-state index contributed by atoms with van der Waals surface area (Å²) in [5, 5.41) is 2.89. The van der Waals surface area contributed by atoms with Crippen LogP contribution >= 0.6 is 0 Å². The number of benzene rings is 2. The molecule has 0 aliphatic carbocycles. The van der Waals surface area contributed by atoms with E-state index in [0.717, 1.165) is 18.4 Å². The van der Waals surface area contributed by atoms with Crippen molar-refractivity contribution in [2.45, 2.75) is 33.2 Å². The number of amides is 2. The molecule has 2 amide bonds. The monoisotopic (exact) mass is 338 g/mol. The lowest BCUT2D eigenvalue weighted by Gasteiger charge is -2.21. The molecule has 4 heteroatoms. The lowest BCUT2D eigenvalue weighted by Crippen LogP contribution is -2.31. The Labute approximate surface area is 149 Å². The molecule has 0 saturated carbocycles. The Balaban J connectivity index is 2.09. The van der Waals surface area contributed by atoms with Crippen LogP contribution in [0.5, 0.6) is 0 Å². The van der Waals surface area contributed by atoms with Crippen LogP contribution < -0.4 is 5.32 Å². The summed E-state index contributed by atoms with van der Waals surface area (Å²) in [5.74, 6) is -0.191. The first-order valence-corrected chi connectivity index (χ1v) is 8.87. The fourth-order valence-corrected chi connectivity index (χ4v) is 2.59. The molecule has 0 bridgehead atoms. The normalized spacial score (nSPS) is 10.3. The molecule has 0 aliphatic heterocycles. The second-order valence-corrected chi connectivity index (χ2v) is 6.00. The van der Waals surface area contributed by atoms with Crippen LogP contribution in [0.25, 0.3) is 0 Å². The standard InChI is InChI=1S/C21H26N2O2/c1-3-5-14-22-20(24)18-12-9-13-19(15-18)21(25)23(4-2)16-17-10-7-6-8-11-17/h6-13,15H,3-5,14,16H2,1-2H3,(H,22,24). The summed E-state index contributed by atoms with van der Waals surface area (Å²) >= 11 is 0. The van der Waals surface area contributed by atoms with Crippen molar-refractivity contribution in [3.63, 3.8) is 0 Å². The summed E-state index contributed by atoms with van der Waals surface area (Å²) in [6, 6.07) is 16.9. The van der Waals surface area contributed by atoms with E-state index in [1.54, 1.807) is 29.2 Å². The predicted molar refractivity (Wildman–Crippen MR) is 101 cm³/mol. The minimum absolute atomic E-state index is 0.0606. The zero-order valence-corrected chi connectivity index (χ0v) is 15.0. The summed E-state index contributed by atoms with van der Waals surface area (Å²) < 4.78 is 0. The van der Waals surface area contributed by atoms with Crippen molar-refractivity contribution < 1.29 is 9.59 Å². The number of unbranched alkanes of at least 4 members (excludes halogenated alkanes) is 1. The van der Waals surface area contributed by atoms with Gasteiger partial charge in [0.1, 0.15) is 0 Å². The van der Waals surface area contributed by atoms with Gasteiger partial charge < -0.3 is 10.2 Å². The van der Waals surface area contributed by atoms with Crippen molar-refractivity contribution >= 4 is 11.8 Å². The molecule has 0 fully saturated rings. The smallest absolute Gasteiger partial charge is 0.254 e. The van der Waals surface area contributed by atoms with Crippen LogP contribution in [-0.2, 0) is 6.54 Å². The maximum Gasteiger partial charge on any atom is 0.254 e. The molecule has 0 atom stereocenters. The number of hydrogen-bond donors (Lipinski definition) is 1. The lowest BCUT2D eigenvalue weighted by molar-refractivity contribution is 0.0752. The third kappa shape index (κ3) is 5.45. The molecule has 0 saturated heterocycles. The zero-order valence-electron chi connectivity index (χ0n) is 15.0. The van der Waals surface area contributed by atoms with Gasteiger partial charge in [0.25, 0.3) is 11.8 Å². The second kappa shape index (κ2) is 9.62. The molecular formula is C21H26N2O2. The molecule has 2 aromatic rings. The van der Waals surface area contributed by atoms with E-state index in [-0.39, 0.29) is 11.8 Å². The van der Waals surface area contributed by atoms with E-state index in [1.807, 2.05) is 37.3 Å². The Morgan fingerprint density at radius 2 is 1.68 bits per heavy atom. The third-order valence-corrected chi connectivity index (χ3v) is 4.07. The first-order valence-electron chi connectivity index (χ1n) is 8.87. The van der Waals surface area contributed by atoms with Gasteiger partial charge in [-0.2, -0.15) is 0 Å². The molecule has 2 aromatic carbocycles. The first kappa shape index (κ1) is 18.7. The molecule has 0 heterocycles. The van der Waals surface area contributed by atoms with Gasteiger partial charge in [-0.1, -0.05) is 49.7 Å². The molecule has 132 valence electrons. The fraction of sp³-hybridized carbons (Fsp3) is 0.333. The Kier molecular flexibility index (Phi) is 7.20. The largest absolute Gasteiger partial charge is 0.352 e. The highest BCUT2D eigenvalue weighted by Gasteiger charge is 2.16. The van der Waals surface area contributed by atoms with Crippen LogP contribution in [-0.4, -0.2) is 29.8 Å². The predicted octanol–water partition coefficient (Wildman–Crippen LogP) is 3.88. The van der Waals surface area contributed by atoms with Gasteiger partial charge in [-0.05, 0) is 37.1 Å². The van der Waals surface area contributed by atoms with Crippen molar-refractivity contribution in [2.75, 3.05) is 13.1 Å². The number of rotatable bonds is 8. The number of nitrogens with zero attached hydrogens (tertiary/aromatic N) is 1. The summed E-state index contributed by atoms with van der Waals surface area (Å²) in [5.41, 5.74) is 2.16. The summed E-state index contributed by atoms with van der Waals surface area (Å²) in [4.78, 5) is 26.8. The molecule has 1 N–H and O–H groups in total. The van der Waals surface area contributed by atoms with Crippen LogP contribution in [0.4, 0.5) is 0 Å². The van der Waals surface area contributed by atoms with Gasteiger partial charge in [0, 0.05) is 30.8 Å². The van der Waals surface area contributed by atoms with Gasteiger partial charge in [-0.15, -0.1) is 0 Å². The van der Waals surface area contributed by atoms with E-state index in [0.29, 0.717) is 30.8 Å². The average Bonchev–Trinajstić information content (AvgIpc) is 2.66. The van der Waals surface area contributed by atoms with Crippen LogP contribution in [0.1, 0.15) is 53.0 Å².